The zero-order valence-electron chi connectivity index (χ0n) is 21.6. The fourth-order valence-electron chi connectivity index (χ4n) is 2.89. The predicted molar refractivity (Wildman–Crippen MR) is 124 cm³/mol. The normalized spacial score (nSPS) is 17.5. The first-order valence-electron chi connectivity index (χ1n) is 11.4. The molecule has 0 radical (unpaired) electrons. The average molecular weight is 607 g/mol. The highest BCUT2D eigenvalue weighted by Crippen LogP contribution is 2.21. The van der Waals surface area contributed by atoms with Gasteiger partial charge in [-0.15, -0.1) is 0 Å². The molecule has 1 N–H and O–H groups in total. The van der Waals surface area contributed by atoms with E-state index in [1.54, 1.807) is 0 Å². The van der Waals surface area contributed by atoms with Crippen LogP contribution in [0.3, 0.4) is 0 Å². The van der Waals surface area contributed by atoms with Crippen LogP contribution in [0.4, 0.5) is 26.3 Å². The summed E-state index contributed by atoms with van der Waals surface area (Å²) in [7, 11) is -8.02. The van der Waals surface area contributed by atoms with E-state index in [2.05, 4.69) is 43.2 Å². The molecule has 0 spiro atoms. The van der Waals surface area contributed by atoms with E-state index in [-0.39, 0.29) is 0 Å². The number of quaternary nitrogens is 1. The molecular weight excluding hydrogens is 570 g/mol. The van der Waals surface area contributed by atoms with E-state index in [1.165, 1.54) is 62.8 Å². The Labute approximate surface area is 220 Å². The third-order valence-electron chi connectivity index (χ3n) is 4.81. The first kappa shape index (κ1) is 38.3. The molecule has 1 aromatic rings. The number of rotatable bonds is 8. The predicted octanol–water partition coefficient (Wildman–Crippen LogP) is 3.50. The van der Waals surface area contributed by atoms with Gasteiger partial charge in [-0.25, -0.2) is 21.4 Å². The van der Waals surface area contributed by atoms with Crippen molar-refractivity contribution in [2.45, 2.75) is 63.4 Å². The van der Waals surface area contributed by atoms with Crippen LogP contribution >= 0.6 is 0 Å². The lowest BCUT2D eigenvalue weighted by molar-refractivity contribution is -0.881. The van der Waals surface area contributed by atoms with E-state index >= 15 is 0 Å². The van der Waals surface area contributed by atoms with E-state index in [0.29, 0.717) is 0 Å². The fourth-order valence-corrected chi connectivity index (χ4v) is 2.89. The van der Waals surface area contributed by atoms with Crippen LogP contribution in [-0.4, -0.2) is 78.1 Å². The van der Waals surface area contributed by atoms with Crippen LogP contribution in [0.25, 0.3) is 0 Å². The van der Waals surface area contributed by atoms with Gasteiger partial charge in [0.25, 0.3) is 0 Å². The molecule has 1 aliphatic heterocycles. The first-order valence-corrected chi connectivity index (χ1v) is 14.2. The van der Waals surface area contributed by atoms with Crippen molar-refractivity contribution in [3.05, 3.63) is 31.1 Å². The number of H-pyrrole nitrogens is 1. The van der Waals surface area contributed by atoms with E-state index in [4.69, 9.17) is 25.9 Å². The molecule has 2 heterocycles. The third kappa shape index (κ3) is 17.6. The van der Waals surface area contributed by atoms with Gasteiger partial charge in [-0.05, 0) is 19.3 Å². The van der Waals surface area contributed by atoms with Gasteiger partial charge >= 0.3 is 11.0 Å². The van der Waals surface area contributed by atoms with Crippen molar-refractivity contribution in [3.8, 4) is 0 Å². The number of aryl methyl sites for hydroxylation is 1. The molecule has 1 atom stereocenters. The van der Waals surface area contributed by atoms with Gasteiger partial charge in [0.1, 0.15) is 18.6 Å². The smallest absolute Gasteiger partial charge is 0.485 e. The van der Waals surface area contributed by atoms with Gasteiger partial charge in [-0.1, -0.05) is 33.1 Å². The van der Waals surface area contributed by atoms with E-state index < -0.39 is 31.3 Å². The molecule has 2 rings (SSSR count). The standard InChI is InChI=1S/C14H29N2.C4H6N2.2CHF3O3S/c1-4-6-8-9-12-16(11-7-5-2)13-10-15(3)14-16;1-6-3-2-5-4-6;2*2-1(3,4)8(5,6)7/h10,13H,4-9,11-12,14H2,1-3H3;2-4H,1H3;2*(H,5,6,7)/q+1;;;/p-1. The summed E-state index contributed by atoms with van der Waals surface area (Å²) in [6.07, 6.45) is 18.6. The van der Waals surface area contributed by atoms with Gasteiger partial charge in [-0.3, -0.25) is 9.47 Å². The topological polar surface area (TPSA) is 137 Å². The van der Waals surface area contributed by atoms with Gasteiger partial charge in [0.2, 0.25) is 6.33 Å². The van der Waals surface area contributed by atoms with Crippen LogP contribution in [-0.2, 0) is 27.3 Å². The summed E-state index contributed by atoms with van der Waals surface area (Å²) in [5.41, 5.74) is -11.3. The van der Waals surface area contributed by atoms with Crippen molar-refractivity contribution in [2.75, 3.05) is 26.8 Å². The molecule has 226 valence electrons. The Kier molecular flexibility index (Phi) is 17.1. The molecule has 38 heavy (non-hydrogen) atoms. The van der Waals surface area contributed by atoms with Crippen LogP contribution < -0.4 is 4.57 Å². The van der Waals surface area contributed by atoms with E-state index in [1.807, 2.05) is 30.3 Å². The van der Waals surface area contributed by atoms with Crippen molar-refractivity contribution < 1.29 is 61.3 Å². The number of hydrogen-bond donors (Lipinski definition) is 1. The SMILES string of the molecule is CCCCCC[N+]1(CCCC)C=CN(C)C1.C[n+]1cc[nH]c1.O=S(=O)([O-])C(F)(F)F.O=S(=O)([O-])C(F)(F)F. The highest BCUT2D eigenvalue weighted by Gasteiger charge is 2.37. The Morgan fingerprint density at radius 2 is 1.34 bits per heavy atom. The van der Waals surface area contributed by atoms with Gasteiger partial charge in [-0.2, -0.15) is 26.3 Å². The Morgan fingerprint density at radius 3 is 1.61 bits per heavy atom. The lowest BCUT2D eigenvalue weighted by atomic mass is 10.2. The molecule has 0 aliphatic carbocycles. The maximum atomic E-state index is 10.7. The molecule has 0 aromatic carbocycles. The molecule has 0 saturated heterocycles. The summed E-state index contributed by atoms with van der Waals surface area (Å²) in [4.78, 5) is 5.22. The second kappa shape index (κ2) is 16.9. The first-order chi connectivity index (χ1) is 17.1. The Hall–Kier alpha value is -1.89. The maximum absolute atomic E-state index is 10.7. The van der Waals surface area contributed by atoms with E-state index in [0.717, 1.165) is 0 Å². The molecule has 0 saturated carbocycles. The van der Waals surface area contributed by atoms with Crippen molar-refractivity contribution in [2.24, 2.45) is 7.05 Å². The van der Waals surface area contributed by atoms with Crippen molar-refractivity contribution in [1.29, 1.82) is 0 Å². The minimum atomic E-state index is -6.09. The molecule has 1 aliphatic rings. The molecule has 0 amide bonds. The zero-order chi connectivity index (χ0) is 30.3. The lowest BCUT2D eigenvalue weighted by Gasteiger charge is -2.32. The number of halogens is 6. The Balaban J connectivity index is 0. The van der Waals surface area contributed by atoms with Gasteiger partial charge in [0, 0.05) is 7.05 Å². The van der Waals surface area contributed by atoms with Crippen molar-refractivity contribution >= 4 is 20.2 Å². The third-order valence-corrected chi connectivity index (χ3v) is 5.94. The van der Waals surface area contributed by atoms with Crippen LogP contribution in [0.15, 0.2) is 31.1 Å². The van der Waals surface area contributed by atoms with Gasteiger partial charge in [0.15, 0.2) is 26.9 Å². The minimum absolute atomic E-state index is 1.19. The Bertz CT molecular complexity index is 958. The van der Waals surface area contributed by atoms with Crippen LogP contribution in [0, 0.1) is 0 Å². The number of aromatic amines is 1. The van der Waals surface area contributed by atoms with Crippen molar-refractivity contribution in [1.82, 2.24) is 9.88 Å². The number of imidazole rings is 1. The number of alkyl halides is 6. The number of hydrogen-bond acceptors (Lipinski definition) is 7. The van der Waals surface area contributed by atoms with Crippen LogP contribution in [0.2, 0.25) is 0 Å². The Morgan fingerprint density at radius 1 is 0.895 bits per heavy atom. The average Bonchev–Trinajstić information content (AvgIpc) is 3.37. The highest BCUT2D eigenvalue weighted by molar-refractivity contribution is 7.86. The number of unbranched alkanes of at least 4 members (excludes halogenated alkanes) is 4. The molecule has 1 unspecified atom stereocenters. The summed E-state index contributed by atoms with van der Waals surface area (Å²) in [6.45, 7) is 8.42. The maximum Gasteiger partial charge on any atom is 0.485 e. The molecule has 0 bridgehead atoms. The highest BCUT2D eigenvalue weighted by atomic mass is 32.2. The minimum Gasteiger partial charge on any atom is -0.741 e. The summed E-state index contributed by atoms with van der Waals surface area (Å²) >= 11 is 0. The molecule has 18 heteroatoms. The fraction of sp³-hybridized carbons (Fsp3) is 0.750. The lowest BCUT2D eigenvalue weighted by Crippen LogP contribution is -2.45. The monoisotopic (exact) mass is 606 g/mol. The van der Waals surface area contributed by atoms with Crippen LogP contribution in [0.5, 0.6) is 0 Å². The molecule has 1 aromatic heterocycles. The summed E-state index contributed by atoms with van der Waals surface area (Å²) in [5, 5.41) is 0. The van der Waals surface area contributed by atoms with Crippen molar-refractivity contribution in [3.63, 3.8) is 0 Å². The van der Waals surface area contributed by atoms with Gasteiger partial charge in [0.05, 0.1) is 26.3 Å². The van der Waals surface area contributed by atoms with Crippen LogP contribution in [0.1, 0.15) is 52.4 Å². The molecular formula is C20H36F6N4O6S2. The zero-order valence-corrected chi connectivity index (χ0v) is 23.3. The number of aromatic nitrogens is 2. The van der Waals surface area contributed by atoms with E-state index in [9.17, 15) is 26.3 Å². The second-order valence-corrected chi connectivity index (χ2v) is 11.1. The summed E-state index contributed by atoms with van der Waals surface area (Å²) < 4.78 is 121. The number of nitrogens with one attached hydrogen (secondary N) is 1. The molecule has 10 nitrogen and oxygen atoms in total. The quantitative estimate of drug-likeness (QED) is 0.119. The molecule has 0 fully saturated rings. The number of nitrogens with zero attached hydrogens (tertiary/aromatic N) is 3. The largest absolute Gasteiger partial charge is 0.741 e. The summed E-state index contributed by atoms with van der Waals surface area (Å²) in [5.74, 6) is 0. The summed E-state index contributed by atoms with van der Waals surface area (Å²) in [6, 6.07) is 0. The van der Waals surface area contributed by atoms with Gasteiger partial charge < -0.3 is 14.0 Å². The second-order valence-electron chi connectivity index (χ2n) is 8.35.